The lowest BCUT2D eigenvalue weighted by atomic mass is 10.2. The number of nitrogens with zero attached hydrogens (tertiary/aromatic N) is 3. The molecule has 1 aromatic heterocycles. The van der Waals surface area contributed by atoms with E-state index in [1.807, 2.05) is 0 Å². The van der Waals surface area contributed by atoms with E-state index in [2.05, 4.69) is 10.1 Å². The molecule has 2 heterocycles. The fourth-order valence-electron chi connectivity index (χ4n) is 1.98. The molecular weight excluding hydrogens is 210 g/mol. The number of aromatic nitrogens is 2. The Balaban J connectivity index is 2.11. The Morgan fingerprint density at radius 3 is 3.12 bits per heavy atom. The first kappa shape index (κ1) is 11.1. The number of methoxy groups -OCH3 is 1. The Morgan fingerprint density at radius 1 is 1.69 bits per heavy atom. The smallest absolute Gasteiger partial charge is 0.249 e. The van der Waals surface area contributed by atoms with Crippen LogP contribution < -0.4 is 0 Å². The third kappa shape index (κ3) is 2.06. The Morgan fingerprint density at radius 2 is 2.50 bits per heavy atom. The lowest BCUT2D eigenvalue weighted by molar-refractivity contribution is -0.136. The minimum atomic E-state index is -0.0798. The van der Waals surface area contributed by atoms with E-state index in [9.17, 15) is 4.79 Å². The maximum absolute atomic E-state index is 11.7. The van der Waals surface area contributed by atoms with Gasteiger partial charge in [0, 0.05) is 13.7 Å². The Kier molecular flexibility index (Phi) is 3.19. The number of aryl methyl sites for hydroxylation is 1. The van der Waals surface area contributed by atoms with Gasteiger partial charge in [0.05, 0.1) is 0 Å². The Labute approximate surface area is 93.6 Å². The van der Waals surface area contributed by atoms with Gasteiger partial charge in [0.2, 0.25) is 11.8 Å². The number of rotatable bonds is 3. The van der Waals surface area contributed by atoms with Gasteiger partial charge in [0.1, 0.15) is 12.6 Å². The highest BCUT2D eigenvalue weighted by atomic mass is 16.5. The predicted octanol–water partition coefficient (Wildman–Crippen LogP) is 0.688. The number of ether oxygens (including phenoxy) is 1. The molecular formula is C10H15N3O3. The van der Waals surface area contributed by atoms with Crippen LogP contribution in [-0.4, -0.2) is 41.2 Å². The molecule has 6 heteroatoms. The molecule has 0 spiro atoms. The van der Waals surface area contributed by atoms with Crippen molar-refractivity contribution in [3.8, 4) is 0 Å². The van der Waals surface area contributed by atoms with Crippen LogP contribution in [-0.2, 0) is 9.53 Å². The summed E-state index contributed by atoms with van der Waals surface area (Å²) < 4.78 is 9.96. The van der Waals surface area contributed by atoms with E-state index >= 15 is 0 Å². The molecule has 1 atom stereocenters. The third-order valence-electron chi connectivity index (χ3n) is 2.67. The first-order valence-electron chi connectivity index (χ1n) is 5.31. The summed E-state index contributed by atoms with van der Waals surface area (Å²) in [6.45, 7) is 2.60. The van der Waals surface area contributed by atoms with Crippen LogP contribution in [0.15, 0.2) is 4.52 Å². The van der Waals surface area contributed by atoms with Crippen LogP contribution in [0.2, 0.25) is 0 Å². The van der Waals surface area contributed by atoms with Crippen molar-refractivity contribution in [2.75, 3.05) is 20.3 Å². The molecule has 0 bridgehead atoms. The van der Waals surface area contributed by atoms with Gasteiger partial charge in [-0.1, -0.05) is 5.16 Å². The van der Waals surface area contributed by atoms with Crippen molar-refractivity contribution in [3.63, 3.8) is 0 Å². The average molecular weight is 225 g/mol. The molecule has 1 fully saturated rings. The summed E-state index contributed by atoms with van der Waals surface area (Å²) in [5.74, 6) is 1.10. The van der Waals surface area contributed by atoms with Gasteiger partial charge in [-0.15, -0.1) is 0 Å². The fourth-order valence-corrected chi connectivity index (χ4v) is 1.98. The number of amides is 1. The summed E-state index contributed by atoms with van der Waals surface area (Å²) in [5, 5.41) is 3.75. The molecule has 1 aliphatic rings. The molecule has 6 nitrogen and oxygen atoms in total. The summed E-state index contributed by atoms with van der Waals surface area (Å²) in [4.78, 5) is 17.7. The van der Waals surface area contributed by atoms with E-state index in [1.54, 1.807) is 11.8 Å². The van der Waals surface area contributed by atoms with Gasteiger partial charge in [-0.05, 0) is 19.8 Å². The van der Waals surface area contributed by atoms with Crippen molar-refractivity contribution in [2.45, 2.75) is 25.8 Å². The van der Waals surface area contributed by atoms with Crippen LogP contribution in [0.4, 0.5) is 0 Å². The first-order valence-corrected chi connectivity index (χ1v) is 5.31. The van der Waals surface area contributed by atoms with Crippen molar-refractivity contribution < 1.29 is 14.1 Å². The molecule has 0 aliphatic carbocycles. The summed E-state index contributed by atoms with van der Waals surface area (Å²) in [7, 11) is 1.51. The van der Waals surface area contributed by atoms with E-state index in [0.29, 0.717) is 11.7 Å². The van der Waals surface area contributed by atoms with E-state index in [1.165, 1.54) is 7.11 Å². The van der Waals surface area contributed by atoms with Gasteiger partial charge in [-0.25, -0.2) is 0 Å². The number of hydrogen-bond donors (Lipinski definition) is 0. The monoisotopic (exact) mass is 225 g/mol. The molecule has 2 rings (SSSR count). The van der Waals surface area contributed by atoms with Crippen molar-refractivity contribution >= 4 is 5.91 Å². The second-order valence-corrected chi connectivity index (χ2v) is 3.86. The first-order chi connectivity index (χ1) is 7.72. The van der Waals surface area contributed by atoms with E-state index < -0.39 is 0 Å². The van der Waals surface area contributed by atoms with E-state index in [-0.39, 0.29) is 18.6 Å². The highest BCUT2D eigenvalue weighted by molar-refractivity contribution is 5.78. The van der Waals surface area contributed by atoms with Crippen LogP contribution in [0.5, 0.6) is 0 Å². The van der Waals surface area contributed by atoms with Gasteiger partial charge >= 0.3 is 0 Å². The highest BCUT2D eigenvalue weighted by Crippen LogP contribution is 2.30. The number of carbonyl (C=O) groups is 1. The van der Waals surface area contributed by atoms with Gasteiger partial charge in [0.15, 0.2) is 5.82 Å². The molecule has 1 saturated heterocycles. The molecule has 1 aromatic rings. The minimum Gasteiger partial charge on any atom is -0.375 e. The predicted molar refractivity (Wildman–Crippen MR) is 54.6 cm³/mol. The topological polar surface area (TPSA) is 68.5 Å². The summed E-state index contributed by atoms with van der Waals surface area (Å²) in [6.07, 6.45) is 1.83. The van der Waals surface area contributed by atoms with Crippen LogP contribution >= 0.6 is 0 Å². The van der Waals surface area contributed by atoms with Gasteiger partial charge in [-0.3, -0.25) is 4.79 Å². The summed E-state index contributed by atoms with van der Waals surface area (Å²) in [6, 6.07) is -0.0798. The summed E-state index contributed by atoms with van der Waals surface area (Å²) in [5.41, 5.74) is 0. The fraction of sp³-hybridized carbons (Fsp3) is 0.700. The van der Waals surface area contributed by atoms with Crippen molar-refractivity contribution in [2.24, 2.45) is 0 Å². The van der Waals surface area contributed by atoms with Gasteiger partial charge in [0.25, 0.3) is 0 Å². The maximum Gasteiger partial charge on any atom is 0.249 e. The van der Waals surface area contributed by atoms with Crippen molar-refractivity contribution in [1.29, 1.82) is 0 Å². The molecule has 0 saturated carbocycles. The van der Waals surface area contributed by atoms with Crippen LogP contribution in [0, 0.1) is 6.92 Å². The second kappa shape index (κ2) is 4.61. The average Bonchev–Trinajstić information content (AvgIpc) is 2.85. The second-order valence-electron chi connectivity index (χ2n) is 3.86. The lowest BCUT2D eigenvalue weighted by Crippen LogP contribution is -2.33. The Hall–Kier alpha value is -1.43. The van der Waals surface area contributed by atoms with Crippen LogP contribution in [0.1, 0.15) is 30.6 Å². The molecule has 16 heavy (non-hydrogen) atoms. The zero-order chi connectivity index (χ0) is 11.5. The standard InChI is InChI=1S/C10H15N3O3/c1-7-11-10(16-12-7)8-4-3-5-13(8)9(14)6-15-2/h8H,3-6H2,1-2H3. The maximum atomic E-state index is 11.7. The van der Waals surface area contributed by atoms with Crippen molar-refractivity contribution in [3.05, 3.63) is 11.7 Å². The number of hydrogen-bond acceptors (Lipinski definition) is 5. The van der Waals surface area contributed by atoms with Gasteiger partial charge < -0.3 is 14.2 Å². The molecule has 0 radical (unpaired) electrons. The van der Waals surface area contributed by atoms with E-state index in [0.717, 1.165) is 19.4 Å². The number of likely N-dealkylation sites (tertiary alicyclic amines) is 1. The third-order valence-corrected chi connectivity index (χ3v) is 2.67. The van der Waals surface area contributed by atoms with E-state index in [4.69, 9.17) is 9.26 Å². The van der Waals surface area contributed by atoms with Crippen LogP contribution in [0.25, 0.3) is 0 Å². The lowest BCUT2D eigenvalue weighted by Gasteiger charge is -2.21. The molecule has 1 aliphatic heterocycles. The molecule has 0 aromatic carbocycles. The zero-order valence-corrected chi connectivity index (χ0v) is 9.47. The molecule has 1 unspecified atom stereocenters. The quantitative estimate of drug-likeness (QED) is 0.757. The molecule has 0 N–H and O–H groups in total. The SMILES string of the molecule is COCC(=O)N1CCCC1c1nc(C)no1. The van der Waals surface area contributed by atoms with Crippen molar-refractivity contribution in [1.82, 2.24) is 15.0 Å². The highest BCUT2D eigenvalue weighted by Gasteiger charge is 2.33. The van der Waals surface area contributed by atoms with Crippen LogP contribution in [0.3, 0.4) is 0 Å². The number of carbonyl (C=O) groups excluding carboxylic acids is 1. The Bertz CT molecular complexity index is 377. The molecule has 1 amide bonds. The zero-order valence-electron chi connectivity index (χ0n) is 9.47. The molecule has 88 valence electrons. The largest absolute Gasteiger partial charge is 0.375 e. The normalized spacial score (nSPS) is 20.4. The minimum absolute atomic E-state index is 0.0270. The summed E-state index contributed by atoms with van der Waals surface area (Å²) >= 11 is 0. The van der Waals surface area contributed by atoms with Gasteiger partial charge in [-0.2, -0.15) is 4.98 Å².